The molecule has 1 atom stereocenters. The van der Waals surface area contributed by atoms with Gasteiger partial charge >= 0.3 is 0 Å². The van der Waals surface area contributed by atoms with Crippen molar-refractivity contribution in [1.29, 1.82) is 5.26 Å². The van der Waals surface area contributed by atoms with Crippen molar-refractivity contribution in [3.05, 3.63) is 11.9 Å². The summed E-state index contributed by atoms with van der Waals surface area (Å²) in [6.45, 7) is 0. The SMILES string of the molecule is N#CN1C(N)=CC(N)=NC1N. The molecule has 6 nitrogen and oxygen atoms in total. The summed E-state index contributed by atoms with van der Waals surface area (Å²) in [6.07, 6.45) is 2.37. The second-order valence-electron chi connectivity index (χ2n) is 2.01. The molecule has 0 aliphatic carbocycles. The van der Waals surface area contributed by atoms with E-state index in [1.807, 2.05) is 0 Å². The van der Waals surface area contributed by atoms with Gasteiger partial charge < -0.3 is 11.5 Å². The van der Waals surface area contributed by atoms with Crippen LogP contribution in [0.2, 0.25) is 0 Å². The number of aliphatic imine (C=N–C) groups is 1. The molecule has 0 aromatic carbocycles. The predicted octanol–water partition coefficient (Wildman–Crippen LogP) is -1.82. The van der Waals surface area contributed by atoms with Gasteiger partial charge in [-0.05, 0) is 0 Å². The Morgan fingerprint density at radius 1 is 1.64 bits per heavy atom. The van der Waals surface area contributed by atoms with Gasteiger partial charge in [-0.2, -0.15) is 5.26 Å². The molecule has 6 N–H and O–H groups in total. The van der Waals surface area contributed by atoms with Crippen molar-refractivity contribution in [1.82, 2.24) is 4.90 Å². The Kier molecular flexibility index (Phi) is 1.66. The number of rotatable bonds is 0. The monoisotopic (exact) mass is 152 g/mol. The molecule has 0 radical (unpaired) electrons. The first kappa shape index (κ1) is 7.37. The maximum Gasteiger partial charge on any atom is 0.190 e. The van der Waals surface area contributed by atoms with Gasteiger partial charge in [-0.1, -0.05) is 0 Å². The van der Waals surface area contributed by atoms with Crippen LogP contribution < -0.4 is 17.2 Å². The van der Waals surface area contributed by atoms with Gasteiger partial charge in [-0.3, -0.25) is 5.73 Å². The Morgan fingerprint density at radius 3 is 2.73 bits per heavy atom. The minimum atomic E-state index is -0.787. The average Bonchev–Trinajstić information content (AvgIpc) is 1.85. The highest BCUT2D eigenvalue weighted by Crippen LogP contribution is 2.05. The zero-order valence-corrected chi connectivity index (χ0v) is 5.73. The normalized spacial score (nSPS) is 23.6. The molecular formula is C5H8N6. The Bertz CT molecular complexity index is 259. The maximum absolute atomic E-state index is 8.48. The van der Waals surface area contributed by atoms with E-state index in [2.05, 4.69) is 4.99 Å². The summed E-state index contributed by atoms with van der Waals surface area (Å²) in [7, 11) is 0. The minimum Gasteiger partial charge on any atom is -0.384 e. The summed E-state index contributed by atoms with van der Waals surface area (Å²) in [5.41, 5.74) is 16.1. The van der Waals surface area contributed by atoms with Gasteiger partial charge in [0.1, 0.15) is 11.7 Å². The van der Waals surface area contributed by atoms with Gasteiger partial charge in [0.2, 0.25) is 0 Å². The minimum absolute atomic E-state index is 0.215. The first-order valence-electron chi connectivity index (χ1n) is 2.90. The van der Waals surface area contributed by atoms with E-state index in [9.17, 15) is 0 Å². The smallest absolute Gasteiger partial charge is 0.190 e. The van der Waals surface area contributed by atoms with E-state index in [4.69, 9.17) is 22.5 Å². The van der Waals surface area contributed by atoms with Crippen LogP contribution in [0.3, 0.4) is 0 Å². The summed E-state index contributed by atoms with van der Waals surface area (Å²) in [5, 5.41) is 8.48. The molecular weight excluding hydrogens is 144 g/mol. The molecule has 0 amide bonds. The molecule has 11 heavy (non-hydrogen) atoms. The van der Waals surface area contributed by atoms with Crippen LogP contribution in [-0.2, 0) is 0 Å². The van der Waals surface area contributed by atoms with Crippen molar-refractivity contribution < 1.29 is 0 Å². The van der Waals surface area contributed by atoms with E-state index < -0.39 is 6.29 Å². The summed E-state index contributed by atoms with van der Waals surface area (Å²) in [5.74, 6) is 0.453. The second kappa shape index (κ2) is 2.48. The van der Waals surface area contributed by atoms with E-state index in [1.54, 1.807) is 6.19 Å². The molecule has 0 spiro atoms. The van der Waals surface area contributed by atoms with Gasteiger partial charge in [0, 0.05) is 6.08 Å². The molecule has 0 aromatic rings. The molecule has 6 heteroatoms. The van der Waals surface area contributed by atoms with Gasteiger partial charge in [-0.15, -0.1) is 0 Å². The van der Waals surface area contributed by atoms with Crippen LogP contribution in [-0.4, -0.2) is 17.0 Å². The molecule has 0 aromatic heterocycles. The molecule has 1 aliphatic rings. The molecule has 1 unspecified atom stereocenters. The largest absolute Gasteiger partial charge is 0.384 e. The van der Waals surface area contributed by atoms with Crippen molar-refractivity contribution in [2.45, 2.75) is 6.29 Å². The van der Waals surface area contributed by atoms with Gasteiger partial charge in [-0.25, -0.2) is 9.89 Å². The molecule has 1 heterocycles. The number of hydrogen-bond acceptors (Lipinski definition) is 6. The number of nitrogens with two attached hydrogens (primary N) is 3. The molecule has 1 rings (SSSR count). The summed E-state index contributed by atoms with van der Waals surface area (Å²) >= 11 is 0. The fourth-order valence-electron chi connectivity index (χ4n) is 0.738. The topological polar surface area (TPSA) is 117 Å². The fraction of sp³-hybridized carbons (Fsp3) is 0.200. The maximum atomic E-state index is 8.48. The van der Waals surface area contributed by atoms with E-state index in [1.165, 1.54) is 6.08 Å². The number of amidine groups is 1. The Labute approximate surface area is 63.6 Å². The fourth-order valence-corrected chi connectivity index (χ4v) is 0.738. The van der Waals surface area contributed by atoms with Gasteiger partial charge in [0.25, 0.3) is 0 Å². The molecule has 1 aliphatic heterocycles. The number of hydrogen-bond donors (Lipinski definition) is 3. The summed E-state index contributed by atoms with van der Waals surface area (Å²) < 4.78 is 0. The zero-order valence-electron chi connectivity index (χ0n) is 5.73. The lowest BCUT2D eigenvalue weighted by Gasteiger charge is -2.23. The van der Waals surface area contributed by atoms with Crippen LogP contribution in [0.15, 0.2) is 16.9 Å². The lowest BCUT2D eigenvalue weighted by Crippen LogP contribution is -2.43. The lowest BCUT2D eigenvalue weighted by atomic mass is 10.4. The van der Waals surface area contributed by atoms with E-state index >= 15 is 0 Å². The lowest BCUT2D eigenvalue weighted by molar-refractivity contribution is 0.362. The predicted molar refractivity (Wildman–Crippen MR) is 39.3 cm³/mol. The van der Waals surface area contributed by atoms with Crippen LogP contribution in [0, 0.1) is 11.5 Å². The highest BCUT2D eigenvalue weighted by Gasteiger charge is 2.17. The molecule has 0 saturated carbocycles. The van der Waals surface area contributed by atoms with Crippen molar-refractivity contribution in [2.24, 2.45) is 22.2 Å². The summed E-state index contributed by atoms with van der Waals surface area (Å²) in [4.78, 5) is 4.77. The quantitative estimate of drug-likeness (QED) is 0.353. The third kappa shape index (κ3) is 1.22. The zero-order chi connectivity index (χ0) is 8.43. The Balaban J connectivity index is 2.93. The van der Waals surface area contributed by atoms with Crippen LogP contribution in [0.4, 0.5) is 0 Å². The van der Waals surface area contributed by atoms with Crippen LogP contribution >= 0.6 is 0 Å². The standard InChI is InChI=1S/C5H8N6/c6-2-11-4(8)1-3(7)10-5(11)9/h1,5H,8-9H2,(H2,7,10). The van der Waals surface area contributed by atoms with Gasteiger partial charge in [0.05, 0.1) is 0 Å². The molecule has 0 bridgehead atoms. The van der Waals surface area contributed by atoms with Crippen molar-refractivity contribution in [2.75, 3.05) is 0 Å². The van der Waals surface area contributed by atoms with E-state index in [-0.39, 0.29) is 11.7 Å². The number of nitrogens with zero attached hydrogens (tertiary/aromatic N) is 3. The second-order valence-corrected chi connectivity index (χ2v) is 2.01. The third-order valence-electron chi connectivity index (χ3n) is 1.23. The summed E-state index contributed by atoms with van der Waals surface area (Å²) in [6, 6.07) is 0. The van der Waals surface area contributed by atoms with E-state index in [0.717, 1.165) is 4.90 Å². The molecule has 58 valence electrons. The highest BCUT2D eigenvalue weighted by atomic mass is 15.4. The Hall–Kier alpha value is -1.74. The van der Waals surface area contributed by atoms with Crippen LogP contribution in [0.25, 0.3) is 0 Å². The first-order valence-corrected chi connectivity index (χ1v) is 2.90. The highest BCUT2D eigenvalue weighted by molar-refractivity contribution is 5.92. The van der Waals surface area contributed by atoms with Crippen LogP contribution in [0.1, 0.15) is 0 Å². The number of nitriles is 1. The van der Waals surface area contributed by atoms with Gasteiger partial charge in [0.15, 0.2) is 12.5 Å². The Morgan fingerprint density at radius 2 is 2.27 bits per heavy atom. The van der Waals surface area contributed by atoms with Crippen molar-refractivity contribution in [3.8, 4) is 6.19 Å². The first-order chi connectivity index (χ1) is 5.15. The van der Waals surface area contributed by atoms with E-state index in [0.29, 0.717) is 0 Å². The average molecular weight is 152 g/mol. The van der Waals surface area contributed by atoms with Crippen molar-refractivity contribution >= 4 is 5.84 Å². The van der Waals surface area contributed by atoms with Crippen molar-refractivity contribution in [3.63, 3.8) is 0 Å². The molecule has 0 saturated heterocycles. The van der Waals surface area contributed by atoms with Crippen LogP contribution in [0.5, 0.6) is 0 Å². The molecule has 0 fully saturated rings. The third-order valence-corrected chi connectivity index (χ3v) is 1.23.